The number of hydrogen-bond donors (Lipinski definition) is 0. The normalized spacial score (nSPS) is 11.9. The Kier molecular flexibility index (Phi) is 2.47. The first-order chi connectivity index (χ1) is 7.04. The smallest absolute Gasteiger partial charge is 0.0346 e. The first-order valence-electron chi connectivity index (χ1n) is 5.37. The van der Waals surface area contributed by atoms with Crippen LogP contribution >= 0.6 is 0 Å². The van der Waals surface area contributed by atoms with Gasteiger partial charge in [-0.05, 0) is 28.9 Å². The van der Waals surface area contributed by atoms with E-state index >= 15 is 0 Å². The maximum Gasteiger partial charge on any atom is 0.0346 e. The zero-order valence-corrected chi connectivity index (χ0v) is 9.62. The van der Waals surface area contributed by atoms with E-state index in [4.69, 9.17) is 0 Å². The molecule has 0 aliphatic carbocycles. The Morgan fingerprint density at radius 2 is 1.87 bits per heavy atom. The lowest BCUT2D eigenvalue weighted by atomic mass is 9.87. The molecule has 0 unspecified atom stereocenters. The zero-order chi connectivity index (χ0) is 10.9. The molecule has 1 heterocycles. The van der Waals surface area contributed by atoms with Gasteiger partial charge in [-0.25, -0.2) is 0 Å². The lowest BCUT2D eigenvalue weighted by Gasteiger charge is -2.18. The molecule has 0 saturated carbocycles. The van der Waals surface area contributed by atoms with Crippen LogP contribution in [0, 0.1) is 5.41 Å². The topological polar surface area (TPSA) is 12.9 Å². The predicted molar refractivity (Wildman–Crippen MR) is 64.9 cm³/mol. The van der Waals surface area contributed by atoms with Gasteiger partial charge in [0.15, 0.2) is 0 Å². The zero-order valence-electron chi connectivity index (χ0n) is 9.62. The van der Waals surface area contributed by atoms with Gasteiger partial charge in [-0.2, -0.15) is 0 Å². The molecule has 0 aliphatic rings. The van der Waals surface area contributed by atoms with Crippen LogP contribution in [0.1, 0.15) is 26.3 Å². The molecule has 1 aromatic carbocycles. The Labute approximate surface area is 91.2 Å². The van der Waals surface area contributed by atoms with Crippen LogP contribution in [0.15, 0.2) is 36.7 Å². The minimum atomic E-state index is 0.348. The highest BCUT2D eigenvalue weighted by Crippen LogP contribution is 2.23. The van der Waals surface area contributed by atoms with Crippen molar-refractivity contribution in [3.05, 3.63) is 42.2 Å². The molecule has 0 fully saturated rings. The Balaban J connectivity index is 2.39. The molecule has 0 atom stereocenters. The molecule has 1 nitrogen and oxygen atoms in total. The second kappa shape index (κ2) is 3.65. The molecule has 1 heteroatoms. The lowest BCUT2D eigenvalue weighted by molar-refractivity contribution is 0.411. The van der Waals surface area contributed by atoms with Gasteiger partial charge in [-0.1, -0.05) is 39.0 Å². The molecule has 0 bridgehead atoms. The van der Waals surface area contributed by atoms with Crippen molar-refractivity contribution < 1.29 is 0 Å². The monoisotopic (exact) mass is 199 g/mol. The summed E-state index contributed by atoms with van der Waals surface area (Å²) in [5.41, 5.74) is 1.75. The third kappa shape index (κ3) is 2.56. The summed E-state index contributed by atoms with van der Waals surface area (Å²) in [6.45, 7) is 6.80. The van der Waals surface area contributed by atoms with Crippen molar-refractivity contribution in [3.63, 3.8) is 0 Å². The van der Waals surface area contributed by atoms with Crippen molar-refractivity contribution in [2.45, 2.75) is 27.2 Å². The average molecular weight is 199 g/mol. The van der Waals surface area contributed by atoms with E-state index in [0.717, 1.165) is 6.42 Å². The maximum atomic E-state index is 4.12. The van der Waals surface area contributed by atoms with Crippen LogP contribution in [-0.2, 0) is 6.42 Å². The van der Waals surface area contributed by atoms with E-state index in [-0.39, 0.29) is 0 Å². The molecular weight excluding hydrogens is 182 g/mol. The van der Waals surface area contributed by atoms with Gasteiger partial charge < -0.3 is 0 Å². The number of fused-ring (bicyclic) bond motifs is 1. The van der Waals surface area contributed by atoms with Gasteiger partial charge in [0.25, 0.3) is 0 Å². The van der Waals surface area contributed by atoms with Gasteiger partial charge in [0.2, 0.25) is 0 Å². The molecule has 78 valence electrons. The van der Waals surface area contributed by atoms with Crippen LogP contribution in [0.4, 0.5) is 0 Å². The molecule has 0 spiro atoms. The Hall–Kier alpha value is -1.37. The van der Waals surface area contributed by atoms with E-state index in [2.05, 4.69) is 50.0 Å². The number of pyridine rings is 1. The fraction of sp³-hybridized carbons (Fsp3) is 0.357. The average Bonchev–Trinajstić information content (AvgIpc) is 2.15. The fourth-order valence-corrected chi connectivity index (χ4v) is 1.86. The molecule has 0 N–H and O–H groups in total. The van der Waals surface area contributed by atoms with Crippen molar-refractivity contribution >= 4 is 10.8 Å². The van der Waals surface area contributed by atoms with Crippen molar-refractivity contribution in [3.8, 4) is 0 Å². The minimum Gasteiger partial charge on any atom is -0.264 e. The standard InChI is InChI=1S/C14H17N/c1-14(2,3)9-11-4-5-13-10-15-7-6-12(13)8-11/h4-8,10H,9H2,1-3H3. The van der Waals surface area contributed by atoms with Crippen molar-refractivity contribution in [2.75, 3.05) is 0 Å². The summed E-state index contributed by atoms with van der Waals surface area (Å²) in [5, 5.41) is 2.50. The molecule has 0 radical (unpaired) electrons. The lowest BCUT2D eigenvalue weighted by Crippen LogP contribution is -2.08. The summed E-state index contributed by atoms with van der Waals surface area (Å²) in [6, 6.07) is 8.70. The molecule has 0 amide bonds. The highest BCUT2D eigenvalue weighted by Gasteiger charge is 2.11. The molecule has 1 aromatic heterocycles. The Morgan fingerprint density at radius 3 is 2.60 bits per heavy atom. The van der Waals surface area contributed by atoms with Crippen molar-refractivity contribution in [1.82, 2.24) is 4.98 Å². The molecule has 0 aliphatic heterocycles. The number of hydrogen-bond acceptors (Lipinski definition) is 1. The Bertz CT molecular complexity index is 466. The van der Waals surface area contributed by atoms with Crippen LogP contribution in [0.2, 0.25) is 0 Å². The van der Waals surface area contributed by atoms with E-state index in [1.807, 2.05) is 12.4 Å². The summed E-state index contributed by atoms with van der Waals surface area (Å²) >= 11 is 0. The molecule has 15 heavy (non-hydrogen) atoms. The first-order valence-corrected chi connectivity index (χ1v) is 5.37. The molecular formula is C14H17N. The van der Waals surface area contributed by atoms with E-state index in [1.54, 1.807) is 0 Å². The van der Waals surface area contributed by atoms with Gasteiger partial charge in [0.1, 0.15) is 0 Å². The fourth-order valence-electron chi connectivity index (χ4n) is 1.86. The van der Waals surface area contributed by atoms with Gasteiger partial charge in [-0.15, -0.1) is 0 Å². The quantitative estimate of drug-likeness (QED) is 0.680. The van der Waals surface area contributed by atoms with E-state index < -0.39 is 0 Å². The largest absolute Gasteiger partial charge is 0.264 e. The highest BCUT2D eigenvalue weighted by atomic mass is 14.6. The van der Waals surface area contributed by atoms with Gasteiger partial charge in [-0.3, -0.25) is 4.98 Å². The highest BCUT2D eigenvalue weighted by molar-refractivity contribution is 5.81. The van der Waals surface area contributed by atoms with Crippen LogP contribution in [0.25, 0.3) is 10.8 Å². The Morgan fingerprint density at radius 1 is 1.07 bits per heavy atom. The summed E-state index contributed by atoms with van der Waals surface area (Å²) in [5.74, 6) is 0. The SMILES string of the molecule is CC(C)(C)Cc1ccc2cnccc2c1. The van der Waals surface area contributed by atoms with Crippen LogP contribution in [0.5, 0.6) is 0 Å². The second-order valence-electron chi connectivity index (χ2n) is 5.29. The second-order valence-corrected chi connectivity index (χ2v) is 5.29. The van der Waals surface area contributed by atoms with Gasteiger partial charge in [0, 0.05) is 17.8 Å². The molecule has 2 rings (SSSR count). The van der Waals surface area contributed by atoms with Crippen molar-refractivity contribution in [2.24, 2.45) is 5.41 Å². The molecule has 0 saturated heterocycles. The summed E-state index contributed by atoms with van der Waals surface area (Å²) in [7, 11) is 0. The third-order valence-corrected chi connectivity index (χ3v) is 2.44. The van der Waals surface area contributed by atoms with E-state index in [1.165, 1.54) is 16.3 Å². The summed E-state index contributed by atoms with van der Waals surface area (Å²) in [6.07, 6.45) is 4.88. The van der Waals surface area contributed by atoms with Crippen LogP contribution in [-0.4, -0.2) is 4.98 Å². The number of aromatic nitrogens is 1. The molecule has 2 aromatic rings. The summed E-state index contributed by atoms with van der Waals surface area (Å²) in [4.78, 5) is 4.12. The third-order valence-electron chi connectivity index (χ3n) is 2.44. The van der Waals surface area contributed by atoms with Crippen LogP contribution in [0.3, 0.4) is 0 Å². The number of nitrogens with zero attached hydrogens (tertiary/aromatic N) is 1. The minimum absolute atomic E-state index is 0.348. The number of rotatable bonds is 1. The summed E-state index contributed by atoms with van der Waals surface area (Å²) < 4.78 is 0. The van der Waals surface area contributed by atoms with E-state index in [0.29, 0.717) is 5.41 Å². The number of benzene rings is 1. The van der Waals surface area contributed by atoms with Crippen molar-refractivity contribution in [1.29, 1.82) is 0 Å². The van der Waals surface area contributed by atoms with Crippen LogP contribution < -0.4 is 0 Å². The maximum absolute atomic E-state index is 4.12. The first kappa shape index (κ1) is 10.2. The van der Waals surface area contributed by atoms with Gasteiger partial charge >= 0.3 is 0 Å². The van der Waals surface area contributed by atoms with E-state index in [9.17, 15) is 0 Å². The van der Waals surface area contributed by atoms with Gasteiger partial charge in [0.05, 0.1) is 0 Å². The predicted octanol–water partition coefficient (Wildman–Crippen LogP) is 3.82.